The predicted octanol–water partition coefficient (Wildman–Crippen LogP) is 3.82. The lowest BCUT2D eigenvalue weighted by molar-refractivity contribution is 0.0526. The Labute approximate surface area is 126 Å². The largest absolute Gasteiger partial charge is 0.381 e. The highest BCUT2D eigenvalue weighted by Gasteiger charge is 2.25. The summed E-state index contributed by atoms with van der Waals surface area (Å²) in [4.78, 5) is 7.91. The van der Waals surface area contributed by atoms with Crippen LogP contribution in [0.1, 0.15) is 33.1 Å². The fraction of sp³-hybridized carbons (Fsp3) is 0.588. The number of nitrogens with one attached hydrogen (secondary N) is 2. The third kappa shape index (κ3) is 3.76. The Bertz CT molecular complexity index is 551. The number of H-pyrrole nitrogens is 1. The molecule has 0 bridgehead atoms. The van der Waals surface area contributed by atoms with Crippen LogP contribution in [0.5, 0.6) is 0 Å². The zero-order valence-corrected chi connectivity index (χ0v) is 13.0. The fourth-order valence-electron chi connectivity index (χ4n) is 3.16. The van der Waals surface area contributed by atoms with Crippen molar-refractivity contribution in [2.24, 2.45) is 11.3 Å². The molecule has 2 heterocycles. The van der Waals surface area contributed by atoms with Crippen LogP contribution >= 0.6 is 0 Å². The molecule has 2 aromatic rings. The van der Waals surface area contributed by atoms with Gasteiger partial charge in [-0.3, -0.25) is 0 Å². The van der Waals surface area contributed by atoms with Crippen molar-refractivity contribution >= 4 is 17.0 Å². The summed E-state index contributed by atoms with van der Waals surface area (Å²) >= 11 is 0. The van der Waals surface area contributed by atoms with Gasteiger partial charge < -0.3 is 15.0 Å². The van der Waals surface area contributed by atoms with Crippen molar-refractivity contribution < 1.29 is 4.74 Å². The van der Waals surface area contributed by atoms with Gasteiger partial charge in [-0.05, 0) is 42.7 Å². The van der Waals surface area contributed by atoms with Gasteiger partial charge in [-0.1, -0.05) is 26.0 Å². The van der Waals surface area contributed by atoms with Crippen LogP contribution in [0.4, 0.5) is 5.95 Å². The van der Waals surface area contributed by atoms with E-state index in [1.165, 1.54) is 19.3 Å². The van der Waals surface area contributed by atoms with Crippen molar-refractivity contribution in [1.29, 1.82) is 0 Å². The van der Waals surface area contributed by atoms with E-state index in [0.717, 1.165) is 42.7 Å². The molecule has 1 aromatic heterocycles. The zero-order valence-electron chi connectivity index (χ0n) is 13.0. The summed E-state index contributed by atoms with van der Waals surface area (Å²) in [5.41, 5.74) is 2.37. The molecular weight excluding hydrogens is 262 g/mol. The van der Waals surface area contributed by atoms with E-state index in [0.29, 0.717) is 0 Å². The molecular formula is C17H25N3O. The average molecular weight is 287 g/mol. The number of nitrogens with zero attached hydrogens (tertiary/aromatic N) is 1. The number of hydrogen-bond acceptors (Lipinski definition) is 3. The van der Waals surface area contributed by atoms with E-state index in [1.54, 1.807) is 0 Å². The maximum absolute atomic E-state index is 5.45. The summed E-state index contributed by atoms with van der Waals surface area (Å²) in [7, 11) is 0. The number of rotatable bonds is 5. The summed E-state index contributed by atoms with van der Waals surface area (Å²) in [5.74, 6) is 1.67. The van der Waals surface area contributed by atoms with Crippen molar-refractivity contribution in [2.75, 3.05) is 25.1 Å². The molecule has 1 aliphatic heterocycles. The summed E-state index contributed by atoms with van der Waals surface area (Å²) in [6.45, 7) is 7.45. The molecule has 0 unspecified atom stereocenters. The molecule has 0 spiro atoms. The number of anilines is 1. The Morgan fingerprint density at radius 2 is 2.05 bits per heavy atom. The van der Waals surface area contributed by atoms with Gasteiger partial charge in [-0.25, -0.2) is 4.98 Å². The number of hydrogen-bond donors (Lipinski definition) is 2. The summed E-state index contributed by atoms with van der Waals surface area (Å²) in [6, 6.07) is 8.13. The van der Waals surface area contributed by atoms with Gasteiger partial charge in [0.2, 0.25) is 5.95 Å². The summed E-state index contributed by atoms with van der Waals surface area (Å²) < 4.78 is 5.45. The van der Waals surface area contributed by atoms with E-state index in [9.17, 15) is 0 Å². The first-order valence-electron chi connectivity index (χ1n) is 7.89. The molecule has 3 rings (SSSR count). The third-order valence-electron chi connectivity index (χ3n) is 4.31. The highest BCUT2D eigenvalue weighted by atomic mass is 16.5. The number of benzene rings is 1. The second kappa shape index (κ2) is 6.06. The van der Waals surface area contributed by atoms with Crippen LogP contribution in [0, 0.1) is 11.3 Å². The van der Waals surface area contributed by atoms with Crippen molar-refractivity contribution in [3.63, 3.8) is 0 Å². The highest BCUT2D eigenvalue weighted by molar-refractivity contribution is 5.77. The molecule has 0 saturated carbocycles. The minimum atomic E-state index is 0.265. The molecule has 1 fully saturated rings. The van der Waals surface area contributed by atoms with Crippen LogP contribution < -0.4 is 5.32 Å². The Hall–Kier alpha value is -1.55. The maximum Gasteiger partial charge on any atom is 0.201 e. The number of para-hydroxylation sites is 2. The first kappa shape index (κ1) is 14.4. The smallest absolute Gasteiger partial charge is 0.201 e. The van der Waals surface area contributed by atoms with Crippen LogP contribution in [0.25, 0.3) is 11.0 Å². The van der Waals surface area contributed by atoms with Crippen LogP contribution in [-0.2, 0) is 4.74 Å². The molecule has 1 aliphatic rings. The molecule has 0 radical (unpaired) electrons. The normalized spacial score (nSPS) is 17.2. The van der Waals surface area contributed by atoms with Gasteiger partial charge in [0.25, 0.3) is 0 Å². The molecule has 4 nitrogen and oxygen atoms in total. The summed E-state index contributed by atoms with van der Waals surface area (Å²) in [5, 5.41) is 3.47. The van der Waals surface area contributed by atoms with Gasteiger partial charge in [0.1, 0.15) is 0 Å². The van der Waals surface area contributed by atoms with Crippen molar-refractivity contribution in [3.8, 4) is 0 Å². The quantitative estimate of drug-likeness (QED) is 0.879. The van der Waals surface area contributed by atoms with Gasteiger partial charge >= 0.3 is 0 Å². The van der Waals surface area contributed by atoms with E-state index >= 15 is 0 Å². The topological polar surface area (TPSA) is 49.9 Å². The Kier molecular flexibility index (Phi) is 4.15. The Morgan fingerprint density at radius 1 is 1.29 bits per heavy atom. The lowest BCUT2D eigenvalue weighted by Gasteiger charge is -2.32. The maximum atomic E-state index is 5.45. The van der Waals surface area contributed by atoms with Gasteiger partial charge in [-0.2, -0.15) is 0 Å². The third-order valence-corrected chi connectivity index (χ3v) is 4.31. The number of aromatic amines is 1. The molecule has 21 heavy (non-hydrogen) atoms. The Balaban J connectivity index is 1.57. The van der Waals surface area contributed by atoms with Crippen molar-refractivity contribution in [3.05, 3.63) is 24.3 Å². The Morgan fingerprint density at radius 3 is 2.81 bits per heavy atom. The van der Waals surface area contributed by atoms with Crippen molar-refractivity contribution in [1.82, 2.24) is 9.97 Å². The predicted molar refractivity (Wildman–Crippen MR) is 86.5 cm³/mol. The van der Waals surface area contributed by atoms with Crippen LogP contribution in [-0.4, -0.2) is 29.7 Å². The zero-order chi connectivity index (χ0) is 14.7. The van der Waals surface area contributed by atoms with Crippen LogP contribution in [0.15, 0.2) is 24.3 Å². The molecule has 0 aliphatic carbocycles. The monoisotopic (exact) mass is 287 g/mol. The molecule has 114 valence electrons. The first-order valence-corrected chi connectivity index (χ1v) is 7.89. The lowest BCUT2D eigenvalue weighted by Crippen LogP contribution is -2.28. The molecule has 0 amide bonds. The first-order chi connectivity index (χ1) is 10.1. The van der Waals surface area contributed by atoms with Crippen LogP contribution in [0.3, 0.4) is 0 Å². The minimum Gasteiger partial charge on any atom is -0.381 e. The second-order valence-corrected chi connectivity index (χ2v) is 6.88. The van der Waals surface area contributed by atoms with E-state index in [-0.39, 0.29) is 5.41 Å². The van der Waals surface area contributed by atoms with Crippen molar-refractivity contribution in [2.45, 2.75) is 33.1 Å². The van der Waals surface area contributed by atoms with E-state index in [4.69, 9.17) is 4.74 Å². The van der Waals surface area contributed by atoms with Crippen LogP contribution in [0.2, 0.25) is 0 Å². The van der Waals surface area contributed by atoms with Gasteiger partial charge in [0.05, 0.1) is 11.0 Å². The molecule has 0 atom stereocenters. The fourth-order valence-corrected chi connectivity index (χ4v) is 3.16. The van der Waals surface area contributed by atoms with Gasteiger partial charge in [0, 0.05) is 19.8 Å². The SMILES string of the molecule is CC(C)(CNc1nc2ccccc2[nH]1)CC1CCOCC1. The number of imidazole rings is 1. The highest BCUT2D eigenvalue weighted by Crippen LogP contribution is 2.31. The van der Waals surface area contributed by atoms with Gasteiger partial charge in [-0.15, -0.1) is 0 Å². The van der Waals surface area contributed by atoms with Gasteiger partial charge in [0.15, 0.2) is 0 Å². The number of ether oxygens (including phenoxy) is 1. The second-order valence-electron chi connectivity index (χ2n) is 6.88. The lowest BCUT2D eigenvalue weighted by atomic mass is 9.80. The van der Waals surface area contributed by atoms with E-state index < -0.39 is 0 Å². The molecule has 2 N–H and O–H groups in total. The molecule has 1 saturated heterocycles. The molecule has 1 aromatic carbocycles. The summed E-state index contributed by atoms with van der Waals surface area (Å²) in [6.07, 6.45) is 3.64. The average Bonchev–Trinajstić information content (AvgIpc) is 2.89. The number of fused-ring (bicyclic) bond motifs is 1. The van der Waals surface area contributed by atoms with E-state index in [2.05, 4.69) is 35.2 Å². The van der Waals surface area contributed by atoms with E-state index in [1.807, 2.05) is 18.2 Å². The number of aromatic nitrogens is 2. The minimum absolute atomic E-state index is 0.265. The standard InChI is InChI=1S/C17H25N3O/c1-17(2,11-13-7-9-21-10-8-13)12-18-16-19-14-5-3-4-6-15(14)20-16/h3-6,13H,7-12H2,1-2H3,(H2,18,19,20). The molecule has 4 heteroatoms.